The number of rotatable bonds is 27. The van der Waals surface area contributed by atoms with Crippen LogP contribution in [0.5, 0.6) is 0 Å². The third-order valence-electron chi connectivity index (χ3n) is 12.1. The molecule has 3 rings (SSSR count). The van der Waals surface area contributed by atoms with Crippen molar-refractivity contribution in [3.8, 4) is 0 Å². The monoisotopic (exact) mass is 883 g/mol. The molecule has 0 bridgehead atoms. The van der Waals surface area contributed by atoms with E-state index >= 15 is 0 Å². The van der Waals surface area contributed by atoms with Crippen LogP contribution < -0.4 is 10.6 Å². The summed E-state index contributed by atoms with van der Waals surface area (Å²) in [7, 11) is 1.96. The van der Waals surface area contributed by atoms with E-state index in [0.717, 1.165) is 63.5 Å². The van der Waals surface area contributed by atoms with E-state index in [9.17, 15) is 29.1 Å². The van der Waals surface area contributed by atoms with Gasteiger partial charge in [-0.1, -0.05) is 78.9 Å². The fourth-order valence-corrected chi connectivity index (χ4v) is 8.85. The van der Waals surface area contributed by atoms with Crippen LogP contribution in [0.25, 0.3) is 0 Å². The van der Waals surface area contributed by atoms with Crippen molar-refractivity contribution >= 4 is 52.9 Å². The number of carbonyl (C=O) groups is 5. The molecule has 15 heteroatoms. The van der Waals surface area contributed by atoms with Crippen LogP contribution in [0.3, 0.4) is 0 Å². The smallest absolute Gasteiger partial charge is 0.322 e. The molecule has 1 saturated heterocycles. The van der Waals surface area contributed by atoms with E-state index in [1.165, 1.54) is 11.3 Å². The fourth-order valence-electron chi connectivity index (χ4n) is 7.99. The highest BCUT2D eigenvalue weighted by atomic mass is 32.1. The molecule has 62 heavy (non-hydrogen) atoms. The van der Waals surface area contributed by atoms with Crippen LogP contribution in [0.2, 0.25) is 0 Å². The summed E-state index contributed by atoms with van der Waals surface area (Å²) in [5, 5.41) is 27.1. The lowest BCUT2D eigenvalue weighted by Crippen LogP contribution is -2.49. The number of thiazole rings is 1. The van der Waals surface area contributed by atoms with Gasteiger partial charge >= 0.3 is 11.9 Å². The second-order valence-electron chi connectivity index (χ2n) is 17.9. The molecule has 0 radical (unpaired) electrons. The molecular weight excluding hydrogens is 809 g/mol. The van der Waals surface area contributed by atoms with Crippen molar-refractivity contribution in [2.24, 2.45) is 28.2 Å². The number of amides is 3. The Hall–Kier alpha value is -4.21. The SMILES string of the molecule is CCCCCCN(C(=O)C(C=NC(=O)[C@H]1CCCCN1C)[C@@H](C)CC)[C@H](CC(OCC)c1nc(C(=O)N[C@@H](Cc2ccc(NCC(=O)O)cc2)CC(C)(C)C(=O)O)cs1)C(C)C. The van der Waals surface area contributed by atoms with Crippen LogP contribution in [0, 0.1) is 23.2 Å². The van der Waals surface area contributed by atoms with Crippen LogP contribution in [0.4, 0.5) is 5.69 Å². The highest BCUT2D eigenvalue weighted by Gasteiger charge is 2.37. The van der Waals surface area contributed by atoms with Crippen molar-refractivity contribution in [1.29, 1.82) is 0 Å². The first kappa shape index (κ1) is 52.1. The molecule has 4 N–H and O–H groups in total. The van der Waals surface area contributed by atoms with Gasteiger partial charge in [-0.15, -0.1) is 11.3 Å². The number of hydrogen-bond acceptors (Lipinski definition) is 10. The highest BCUT2D eigenvalue weighted by Crippen LogP contribution is 2.33. The third-order valence-corrected chi connectivity index (χ3v) is 13.0. The molecule has 1 aromatic carbocycles. The molecule has 1 aromatic heterocycles. The lowest BCUT2D eigenvalue weighted by Gasteiger charge is -2.39. The maximum Gasteiger partial charge on any atom is 0.322 e. The van der Waals surface area contributed by atoms with Gasteiger partial charge in [0.05, 0.1) is 17.4 Å². The summed E-state index contributed by atoms with van der Waals surface area (Å²) in [5.41, 5.74) is 0.521. The normalized spacial score (nSPS) is 17.3. The van der Waals surface area contributed by atoms with E-state index in [0.29, 0.717) is 36.7 Å². The Morgan fingerprint density at radius 1 is 1.05 bits per heavy atom. The highest BCUT2D eigenvalue weighted by molar-refractivity contribution is 7.09. The zero-order valence-corrected chi connectivity index (χ0v) is 39.5. The summed E-state index contributed by atoms with van der Waals surface area (Å²) in [6.45, 7) is 17.2. The number of piperidine rings is 1. The summed E-state index contributed by atoms with van der Waals surface area (Å²) in [6.07, 6.45) is 9.54. The standard InChI is InChI=1S/C47H74N6O8S/c1-10-13-14-16-24-53(45(58)36(32(6)11-2)28-49-43(57)38-18-15-17-23-52(38)9)39(31(4)5)26-40(61-12-3)44-51-37(30-62-44)42(56)50-35(27-47(7,8)46(59)60)25-33-19-21-34(22-20-33)48-29-41(54)55/h19-22,28,30-32,35-36,38-40,48H,10-18,23-27,29H2,1-9H3,(H,50,56)(H,54,55)(H,59,60)/t32-,35-,36?,38+,39+,40?/m0/s1. The first-order chi connectivity index (χ1) is 29.4. The average molecular weight is 883 g/mol. The van der Waals surface area contributed by atoms with Gasteiger partial charge in [0, 0.05) is 48.9 Å². The molecule has 6 atom stereocenters. The number of anilines is 1. The maximum atomic E-state index is 14.9. The number of carboxylic acids is 2. The number of benzene rings is 1. The van der Waals surface area contributed by atoms with Crippen molar-refractivity contribution in [3.63, 3.8) is 0 Å². The Labute approximate surface area is 373 Å². The Morgan fingerprint density at radius 2 is 1.76 bits per heavy atom. The minimum atomic E-state index is -1.14. The molecule has 0 aliphatic carbocycles. The van der Waals surface area contributed by atoms with Gasteiger partial charge in [-0.3, -0.25) is 28.9 Å². The summed E-state index contributed by atoms with van der Waals surface area (Å²) >= 11 is 1.32. The van der Waals surface area contributed by atoms with Crippen molar-refractivity contribution in [2.75, 3.05) is 38.6 Å². The molecule has 0 spiro atoms. The second kappa shape index (κ2) is 25.8. The zero-order chi connectivity index (χ0) is 46.0. The van der Waals surface area contributed by atoms with E-state index in [2.05, 4.69) is 48.2 Å². The van der Waals surface area contributed by atoms with Crippen molar-refractivity contribution in [1.82, 2.24) is 20.1 Å². The minimum Gasteiger partial charge on any atom is -0.481 e. The molecule has 0 saturated carbocycles. The minimum absolute atomic E-state index is 0.0399. The van der Waals surface area contributed by atoms with Gasteiger partial charge in [-0.25, -0.2) is 9.98 Å². The Balaban J connectivity index is 1.90. The molecule has 1 fully saturated rings. The topological polar surface area (TPSA) is 191 Å². The van der Waals surface area contributed by atoms with Crippen molar-refractivity contribution < 1.29 is 38.9 Å². The quantitative estimate of drug-likeness (QED) is 0.0501. The van der Waals surface area contributed by atoms with Gasteiger partial charge in [-0.05, 0) is 96.0 Å². The molecule has 2 unspecified atom stereocenters. The lowest BCUT2D eigenvalue weighted by molar-refractivity contribution is -0.147. The van der Waals surface area contributed by atoms with Crippen molar-refractivity contribution in [3.05, 3.63) is 45.9 Å². The predicted molar refractivity (Wildman–Crippen MR) is 246 cm³/mol. The number of likely N-dealkylation sites (N-methyl/N-ethyl adjacent to an activating group) is 1. The first-order valence-electron chi connectivity index (χ1n) is 22.7. The number of aliphatic carboxylic acids is 2. The zero-order valence-electron chi connectivity index (χ0n) is 38.7. The number of ether oxygens (including phenoxy) is 1. The van der Waals surface area contributed by atoms with Crippen molar-refractivity contribution in [2.45, 2.75) is 150 Å². The predicted octanol–water partition coefficient (Wildman–Crippen LogP) is 8.13. The molecule has 2 heterocycles. The first-order valence-corrected chi connectivity index (χ1v) is 23.5. The number of nitrogens with zero attached hydrogens (tertiary/aromatic N) is 4. The molecular formula is C47H74N6O8S. The number of aliphatic imine (C=N–C) groups is 1. The van der Waals surface area contributed by atoms with Crippen LogP contribution >= 0.6 is 11.3 Å². The molecule has 3 amide bonds. The number of nitrogens with one attached hydrogen (secondary N) is 2. The van der Waals surface area contributed by atoms with Crippen LogP contribution in [-0.2, 0) is 30.3 Å². The van der Waals surface area contributed by atoms with Crippen LogP contribution in [0.15, 0.2) is 34.6 Å². The molecule has 1 aliphatic rings. The summed E-state index contributed by atoms with van der Waals surface area (Å²) in [5.74, 6) is -3.21. The van der Waals surface area contributed by atoms with Gasteiger partial charge in [-0.2, -0.15) is 0 Å². The van der Waals surface area contributed by atoms with E-state index < -0.39 is 41.3 Å². The number of aromatic nitrogens is 1. The Morgan fingerprint density at radius 3 is 2.35 bits per heavy atom. The molecule has 2 aromatic rings. The van der Waals surface area contributed by atoms with Crippen LogP contribution in [0.1, 0.15) is 147 Å². The Bertz CT molecular complexity index is 1760. The fraction of sp³-hybridized carbons (Fsp3) is 0.681. The van der Waals surface area contributed by atoms with Gasteiger partial charge in [0.1, 0.15) is 23.4 Å². The molecule has 1 aliphatic heterocycles. The Kier molecular flexibility index (Phi) is 21.7. The van der Waals surface area contributed by atoms with E-state index in [1.807, 2.05) is 37.9 Å². The second-order valence-corrected chi connectivity index (χ2v) is 18.8. The van der Waals surface area contributed by atoms with Crippen LogP contribution in [-0.4, -0.2) is 112 Å². The average Bonchev–Trinajstić information content (AvgIpc) is 3.73. The summed E-state index contributed by atoms with van der Waals surface area (Å²) < 4.78 is 6.35. The van der Waals surface area contributed by atoms with Gasteiger partial charge in [0.2, 0.25) is 5.91 Å². The number of hydrogen-bond donors (Lipinski definition) is 4. The van der Waals surface area contributed by atoms with Gasteiger partial charge in [0.25, 0.3) is 11.8 Å². The molecule has 14 nitrogen and oxygen atoms in total. The lowest BCUT2D eigenvalue weighted by atomic mass is 9.84. The number of carboxylic acid groups (broad SMARTS) is 2. The third kappa shape index (κ3) is 16.2. The maximum absolute atomic E-state index is 14.9. The number of likely N-dealkylation sites (tertiary alicyclic amines) is 1. The largest absolute Gasteiger partial charge is 0.481 e. The summed E-state index contributed by atoms with van der Waals surface area (Å²) in [4.78, 5) is 78.6. The number of unbranched alkanes of at least 4 members (excludes halogenated alkanes) is 3. The summed E-state index contributed by atoms with van der Waals surface area (Å²) in [6, 6.07) is 6.08. The number of carbonyl (C=O) groups excluding carboxylic acids is 3. The van der Waals surface area contributed by atoms with Gasteiger partial charge < -0.3 is 30.5 Å². The van der Waals surface area contributed by atoms with E-state index in [4.69, 9.17) is 14.8 Å². The van der Waals surface area contributed by atoms with E-state index in [1.54, 1.807) is 37.6 Å². The van der Waals surface area contributed by atoms with E-state index in [-0.39, 0.29) is 54.4 Å². The van der Waals surface area contributed by atoms with Gasteiger partial charge in [0.15, 0.2) is 0 Å². The molecule has 346 valence electrons.